The Morgan fingerprint density at radius 3 is 2.50 bits per heavy atom. The van der Waals surface area contributed by atoms with Crippen LogP contribution in [0.3, 0.4) is 0 Å². The quantitative estimate of drug-likeness (QED) is 0.852. The van der Waals surface area contributed by atoms with Gasteiger partial charge in [-0.1, -0.05) is 6.42 Å². The van der Waals surface area contributed by atoms with Crippen molar-refractivity contribution in [3.63, 3.8) is 0 Å². The fraction of sp³-hybridized carbons (Fsp3) is 1.00. The normalized spacial score (nSPS) is 32.7. The second-order valence-corrected chi connectivity index (χ2v) is 5.31. The molecule has 1 aliphatic carbocycles. The van der Waals surface area contributed by atoms with Gasteiger partial charge in [0.1, 0.15) is 0 Å². The molecule has 1 saturated carbocycles. The summed E-state index contributed by atoms with van der Waals surface area (Å²) < 4.78 is 48.8. The Hall–Kier alpha value is -0.330. The van der Waals surface area contributed by atoms with Gasteiger partial charge >= 0.3 is 6.18 Å². The molecular weight excluding hydrogens is 247 g/mol. The van der Waals surface area contributed by atoms with E-state index in [4.69, 9.17) is 9.47 Å². The molecule has 0 aromatic heterocycles. The van der Waals surface area contributed by atoms with Gasteiger partial charge in [0.25, 0.3) is 0 Å². The van der Waals surface area contributed by atoms with Crippen molar-refractivity contribution >= 4 is 0 Å². The third kappa shape index (κ3) is 3.59. The van der Waals surface area contributed by atoms with Crippen LogP contribution in [-0.4, -0.2) is 37.8 Å². The summed E-state index contributed by atoms with van der Waals surface area (Å²) in [7, 11) is 0. The van der Waals surface area contributed by atoms with Gasteiger partial charge in [-0.05, 0) is 26.2 Å². The molecule has 3 nitrogen and oxygen atoms in total. The number of nitrogens with one attached hydrogen (secondary N) is 1. The van der Waals surface area contributed by atoms with Crippen LogP contribution in [0.15, 0.2) is 0 Å². The number of hydrogen-bond acceptors (Lipinski definition) is 3. The molecular formula is C12H20F3NO2. The summed E-state index contributed by atoms with van der Waals surface area (Å²) >= 11 is 0. The van der Waals surface area contributed by atoms with Gasteiger partial charge in [0.15, 0.2) is 5.79 Å². The second-order valence-electron chi connectivity index (χ2n) is 5.31. The Morgan fingerprint density at radius 1 is 1.22 bits per heavy atom. The fourth-order valence-electron chi connectivity index (χ4n) is 2.66. The number of alkyl halides is 3. The number of hydrogen-bond donors (Lipinski definition) is 1. The van der Waals surface area contributed by atoms with Crippen molar-refractivity contribution in [2.75, 3.05) is 19.8 Å². The third-order valence-electron chi connectivity index (χ3n) is 3.75. The lowest BCUT2D eigenvalue weighted by atomic mass is 9.85. The highest BCUT2D eigenvalue weighted by molar-refractivity contribution is 4.83. The van der Waals surface area contributed by atoms with Crippen molar-refractivity contribution in [1.29, 1.82) is 0 Å². The van der Waals surface area contributed by atoms with Crippen LogP contribution < -0.4 is 5.32 Å². The summed E-state index contributed by atoms with van der Waals surface area (Å²) in [5.74, 6) is -1.84. The molecule has 0 bridgehead atoms. The molecule has 0 radical (unpaired) electrons. The van der Waals surface area contributed by atoms with Crippen LogP contribution in [0, 0.1) is 5.92 Å². The lowest BCUT2D eigenvalue weighted by Crippen LogP contribution is -2.46. The minimum Gasteiger partial charge on any atom is -0.347 e. The summed E-state index contributed by atoms with van der Waals surface area (Å²) in [5, 5.41) is 3.16. The van der Waals surface area contributed by atoms with Crippen LogP contribution in [0.5, 0.6) is 0 Å². The van der Waals surface area contributed by atoms with Crippen LogP contribution in [0.2, 0.25) is 0 Å². The Bertz CT molecular complexity index is 277. The molecule has 0 aromatic rings. The van der Waals surface area contributed by atoms with Crippen LogP contribution >= 0.6 is 0 Å². The molecule has 0 aromatic carbocycles. The van der Waals surface area contributed by atoms with Crippen LogP contribution in [0.4, 0.5) is 13.2 Å². The van der Waals surface area contributed by atoms with Gasteiger partial charge < -0.3 is 14.8 Å². The van der Waals surface area contributed by atoms with E-state index >= 15 is 0 Å². The Balaban J connectivity index is 1.79. The van der Waals surface area contributed by atoms with Crippen molar-refractivity contribution in [2.45, 2.75) is 50.6 Å². The van der Waals surface area contributed by atoms with Gasteiger partial charge in [0.05, 0.1) is 19.1 Å². The first-order valence-corrected chi connectivity index (χ1v) is 6.47. The van der Waals surface area contributed by atoms with E-state index in [0.29, 0.717) is 26.2 Å². The maximum absolute atomic E-state index is 12.7. The fourth-order valence-corrected chi connectivity index (χ4v) is 2.66. The first-order valence-electron chi connectivity index (χ1n) is 6.47. The van der Waals surface area contributed by atoms with E-state index in [2.05, 4.69) is 5.32 Å². The maximum Gasteiger partial charge on any atom is 0.391 e. The third-order valence-corrected chi connectivity index (χ3v) is 3.75. The smallest absolute Gasteiger partial charge is 0.347 e. The molecule has 2 aliphatic rings. The SMILES string of the molecule is CC1(CN[C@@H]2CCC[C@H](C(F)(F)F)C2)OCCO1. The first kappa shape index (κ1) is 14.1. The average Bonchev–Trinajstić information content (AvgIpc) is 2.74. The molecule has 2 atom stereocenters. The molecule has 106 valence electrons. The van der Waals surface area contributed by atoms with Crippen LogP contribution in [0.25, 0.3) is 0 Å². The van der Waals surface area contributed by atoms with E-state index < -0.39 is 17.9 Å². The topological polar surface area (TPSA) is 30.5 Å². The first-order chi connectivity index (χ1) is 8.39. The largest absolute Gasteiger partial charge is 0.391 e. The minimum absolute atomic E-state index is 0.0880. The van der Waals surface area contributed by atoms with Crippen molar-refractivity contribution in [1.82, 2.24) is 5.32 Å². The zero-order chi connectivity index (χ0) is 13.2. The summed E-state index contributed by atoms with van der Waals surface area (Å²) in [5.41, 5.74) is 0. The van der Waals surface area contributed by atoms with Gasteiger partial charge in [-0.3, -0.25) is 0 Å². The summed E-state index contributed by atoms with van der Waals surface area (Å²) in [6.07, 6.45) is -2.22. The van der Waals surface area contributed by atoms with E-state index in [1.54, 1.807) is 0 Å². The highest BCUT2D eigenvalue weighted by atomic mass is 19.4. The molecule has 6 heteroatoms. The zero-order valence-electron chi connectivity index (χ0n) is 10.6. The Kier molecular flexibility index (Phi) is 4.18. The zero-order valence-corrected chi connectivity index (χ0v) is 10.6. The van der Waals surface area contributed by atoms with Crippen LogP contribution in [0.1, 0.15) is 32.6 Å². The second kappa shape index (κ2) is 5.35. The molecule has 1 N–H and O–H groups in total. The van der Waals surface area contributed by atoms with Crippen molar-refractivity contribution in [3.05, 3.63) is 0 Å². The molecule has 2 fully saturated rings. The molecule has 18 heavy (non-hydrogen) atoms. The molecule has 1 saturated heterocycles. The van der Waals surface area contributed by atoms with E-state index in [-0.39, 0.29) is 18.9 Å². The van der Waals surface area contributed by atoms with Crippen LogP contribution in [-0.2, 0) is 9.47 Å². The Morgan fingerprint density at radius 2 is 1.89 bits per heavy atom. The molecule has 1 aliphatic heterocycles. The minimum atomic E-state index is -4.06. The van der Waals surface area contributed by atoms with Gasteiger partial charge in [-0.15, -0.1) is 0 Å². The van der Waals surface area contributed by atoms with Gasteiger partial charge in [0, 0.05) is 12.6 Å². The predicted molar refractivity (Wildman–Crippen MR) is 60.1 cm³/mol. The van der Waals surface area contributed by atoms with Gasteiger partial charge in [-0.25, -0.2) is 0 Å². The molecule has 2 rings (SSSR count). The van der Waals surface area contributed by atoms with Gasteiger partial charge in [-0.2, -0.15) is 13.2 Å². The highest BCUT2D eigenvalue weighted by Gasteiger charge is 2.42. The summed E-state index contributed by atoms with van der Waals surface area (Å²) in [4.78, 5) is 0. The van der Waals surface area contributed by atoms with E-state index in [0.717, 1.165) is 6.42 Å². The lowest BCUT2D eigenvalue weighted by molar-refractivity contribution is -0.184. The van der Waals surface area contributed by atoms with E-state index in [1.807, 2.05) is 6.92 Å². The molecule has 0 amide bonds. The molecule has 0 unspecified atom stereocenters. The average molecular weight is 267 g/mol. The predicted octanol–water partition coefficient (Wildman–Crippen LogP) is 2.46. The standard InChI is InChI=1S/C12H20F3NO2/c1-11(17-5-6-18-11)8-16-10-4-2-3-9(7-10)12(13,14)15/h9-10,16H,2-8H2,1H3/t9-,10+/m0/s1. The molecule has 0 spiro atoms. The van der Waals surface area contributed by atoms with Crippen molar-refractivity contribution < 1.29 is 22.6 Å². The summed E-state index contributed by atoms with van der Waals surface area (Å²) in [6.45, 7) is 3.36. The van der Waals surface area contributed by atoms with Gasteiger partial charge in [0.2, 0.25) is 0 Å². The molecule has 1 heterocycles. The lowest BCUT2D eigenvalue weighted by Gasteiger charge is -2.33. The highest BCUT2D eigenvalue weighted by Crippen LogP contribution is 2.37. The van der Waals surface area contributed by atoms with E-state index in [9.17, 15) is 13.2 Å². The summed E-state index contributed by atoms with van der Waals surface area (Å²) in [6, 6.07) is -0.0880. The maximum atomic E-state index is 12.7. The number of ether oxygens (including phenoxy) is 2. The van der Waals surface area contributed by atoms with Crippen molar-refractivity contribution in [3.8, 4) is 0 Å². The Labute approximate surface area is 105 Å². The monoisotopic (exact) mass is 267 g/mol. The van der Waals surface area contributed by atoms with E-state index in [1.165, 1.54) is 0 Å². The number of rotatable bonds is 3. The number of halogens is 3. The van der Waals surface area contributed by atoms with Crippen molar-refractivity contribution in [2.24, 2.45) is 5.92 Å².